The van der Waals surface area contributed by atoms with Crippen LogP contribution in [-0.2, 0) is 4.79 Å². The normalized spacial score (nSPS) is 25.7. The summed E-state index contributed by atoms with van der Waals surface area (Å²) in [4.78, 5) is 28.3. The van der Waals surface area contributed by atoms with Gasteiger partial charge in [0, 0.05) is 22.5 Å². The van der Waals surface area contributed by atoms with E-state index in [2.05, 4.69) is 10.5 Å². The van der Waals surface area contributed by atoms with Gasteiger partial charge in [0.2, 0.25) is 11.7 Å². The Balaban J connectivity index is 1.61. The molecule has 2 fully saturated rings. The summed E-state index contributed by atoms with van der Waals surface area (Å²) in [5.74, 6) is 0.0546. The molecule has 1 aromatic carbocycles. The van der Waals surface area contributed by atoms with Crippen molar-refractivity contribution in [3.05, 3.63) is 36.1 Å². The number of nitrogens with zero attached hydrogens (tertiary/aromatic N) is 2. The Bertz CT molecular complexity index is 909. The zero-order valence-electron chi connectivity index (χ0n) is 14.2. The molecule has 2 aliphatic rings. The van der Waals surface area contributed by atoms with E-state index in [-0.39, 0.29) is 23.5 Å². The van der Waals surface area contributed by atoms with Crippen LogP contribution >= 0.6 is 24.0 Å². The van der Waals surface area contributed by atoms with Gasteiger partial charge in [0.1, 0.15) is 11.6 Å². The van der Waals surface area contributed by atoms with Crippen molar-refractivity contribution >= 4 is 57.7 Å². The monoisotopic (exact) mass is 403 g/mol. The van der Waals surface area contributed by atoms with E-state index in [1.165, 1.54) is 6.21 Å². The predicted molar refractivity (Wildman–Crippen MR) is 107 cm³/mol. The number of rotatable bonds is 4. The number of Topliss-reactive ketones (excluding diaryl/α,β-unsaturated/α-hetero) is 1. The summed E-state index contributed by atoms with van der Waals surface area (Å²) >= 11 is 6.95. The number of hydrogen-bond acceptors (Lipinski definition) is 8. The van der Waals surface area contributed by atoms with Crippen molar-refractivity contribution in [3.8, 4) is 0 Å². The summed E-state index contributed by atoms with van der Waals surface area (Å²) < 4.78 is 5.68. The number of hydrogen-bond donors (Lipinski definition) is 2. The predicted octanol–water partition coefficient (Wildman–Crippen LogP) is 1.93. The summed E-state index contributed by atoms with van der Waals surface area (Å²) in [5, 5.41) is 15.8. The van der Waals surface area contributed by atoms with Crippen LogP contribution < -0.4 is 5.32 Å². The van der Waals surface area contributed by atoms with E-state index < -0.39 is 12.0 Å². The van der Waals surface area contributed by atoms with E-state index >= 15 is 0 Å². The summed E-state index contributed by atoms with van der Waals surface area (Å²) in [6.45, 7) is 0.322. The Labute approximate surface area is 164 Å². The zero-order valence-corrected chi connectivity index (χ0v) is 15.8. The smallest absolute Gasteiger partial charge is 0.242 e. The number of thiocarbonyl (C=S) groups is 1. The lowest BCUT2D eigenvalue weighted by molar-refractivity contribution is -0.132. The van der Waals surface area contributed by atoms with Crippen LogP contribution in [0.4, 0.5) is 0 Å². The Morgan fingerprint density at radius 3 is 3.00 bits per heavy atom. The van der Waals surface area contributed by atoms with Crippen LogP contribution in [0.25, 0.3) is 11.0 Å². The molecule has 1 amide bonds. The molecule has 0 saturated carbocycles. The first kappa shape index (κ1) is 18.1. The number of amides is 1. The average Bonchev–Trinajstić information content (AvgIpc) is 3.38. The largest absolute Gasteiger partial charge is 0.453 e. The maximum Gasteiger partial charge on any atom is 0.242 e. The first-order chi connectivity index (χ1) is 13.1. The second-order valence-electron chi connectivity index (χ2n) is 6.46. The van der Waals surface area contributed by atoms with Crippen LogP contribution in [0.5, 0.6) is 0 Å². The van der Waals surface area contributed by atoms with Crippen molar-refractivity contribution in [1.82, 2.24) is 10.2 Å². The highest BCUT2D eigenvalue weighted by molar-refractivity contribution is 7.99. The molecule has 3 heterocycles. The highest BCUT2D eigenvalue weighted by atomic mass is 32.2. The highest BCUT2D eigenvalue weighted by Gasteiger charge is 2.45. The minimum absolute atomic E-state index is 0.203. The van der Waals surface area contributed by atoms with Gasteiger partial charge in [0.15, 0.2) is 5.76 Å². The van der Waals surface area contributed by atoms with E-state index in [1.807, 2.05) is 18.2 Å². The van der Waals surface area contributed by atoms with Crippen molar-refractivity contribution in [3.63, 3.8) is 0 Å². The number of ketones is 1. The van der Waals surface area contributed by atoms with Gasteiger partial charge in [-0.2, -0.15) is 0 Å². The molecular weight excluding hydrogens is 386 g/mol. The van der Waals surface area contributed by atoms with Crippen molar-refractivity contribution in [2.24, 2.45) is 11.1 Å². The van der Waals surface area contributed by atoms with E-state index in [4.69, 9.17) is 21.8 Å². The van der Waals surface area contributed by atoms with Crippen molar-refractivity contribution in [2.75, 3.05) is 18.2 Å². The van der Waals surface area contributed by atoms with Crippen LogP contribution in [0.3, 0.4) is 0 Å². The molecule has 2 saturated heterocycles. The molecule has 1 aromatic heterocycles. The van der Waals surface area contributed by atoms with Gasteiger partial charge in [-0.3, -0.25) is 9.59 Å². The van der Waals surface area contributed by atoms with Gasteiger partial charge in [0.05, 0.1) is 24.1 Å². The molecule has 7 nitrogen and oxygen atoms in total. The number of oxime groups is 1. The zero-order chi connectivity index (χ0) is 19.0. The van der Waals surface area contributed by atoms with Crippen molar-refractivity contribution in [1.29, 1.82) is 0 Å². The van der Waals surface area contributed by atoms with Gasteiger partial charge in [-0.25, -0.2) is 0 Å². The van der Waals surface area contributed by atoms with Crippen molar-refractivity contribution < 1.29 is 19.2 Å². The lowest BCUT2D eigenvalue weighted by Crippen LogP contribution is -2.50. The number of benzene rings is 1. The van der Waals surface area contributed by atoms with Gasteiger partial charge in [0.25, 0.3) is 0 Å². The Morgan fingerprint density at radius 2 is 2.22 bits per heavy atom. The molecule has 27 heavy (non-hydrogen) atoms. The molecule has 1 unspecified atom stereocenters. The minimum Gasteiger partial charge on any atom is -0.453 e. The van der Waals surface area contributed by atoms with Crippen molar-refractivity contribution in [2.45, 2.75) is 12.1 Å². The first-order valence-corrected chi connectivity index (χ1v) is 10.0. The first-order valence-electron chi connectivity index (χ1n) is 8.45. The molecule has 4 rings (SSSR count). The summed E-state index contributed by atoms with van der Waals surface area (Å²) in [7, 11) is 0. The second-order valence-corrected chi connectivity index (χ2v) is 7.98. The molecule has 3 atom stereocenters. The lowest BCUT2D eigenvalue weighted by atomic mass is 9.92. The molecule has 140 valence electrons. The van der Waals surface area contributed by atoms with Gasteiger partial charge in [-0.1, -0.05) is 35.6 Å². The third-order valence-electron chi connectivity index (χ3n) is 4.83. The highest BCUT2D eigenvalue weighted by Crippen LogP contribution is 2.28. The molecule has 2 N–H and O–H groups in total. The maximum absolute atomic E-state index is 13.1. The van der Waals surface area contributed by atoms with E-state index in [0.717, 1.165) is 5.39 Å². The molecule has 0 radical (unpaired) electrons. The minimum atomic E-state index is -0.759. The molecule has 2 aromatic rings. The molecule has 2 aliphatic heterocycles. The second kappa shape index (κ2) is 7.41. The van der Waals surface area contributed by atoms with Gasteiger partial charge in [-0.15, -0.1) is 11.8 Å². The summed E-state index contributed by atoms with van der Waals surface area (Å²) in [6.07, 6.45) is 1.33. The molecule has 9 heteroatoms. The fraction of sp³-hybridized carbons (Fsp3) is 0.333. The maximum atomic E-state index is 13.1. The SMILES string of the molecule is O=C(c1cc2ccccc2o1)C1C(=S)CN[C@@H]1C(=O)N1CSC[C@H]1C=NO. The number of nitrogens with one attached hydrogen (secondary N) is 1. The quantitative estimate of drug-likeness (QED) is 0.265. The van der Waals surface area contributed by atoms with Crippen LogP contribution in [-0.4, -0.2) is 63.1 Å². The number of carbonyl (C=O) groups excluding carboxylic acids is 2. The van der Waals surface area contributed by atoms with E-state index in [9.17, 15) is 9.59 Å². The molecule has 0 bridgehead atoms. The van der Waals surface area contributed by atoms with Gasteiger partial charge >= 0.3 is 0 Å². The van der Waals surface area contributed by atoms with Gasteiger partial charge in [-0.05, 0) is 12.1 Å². The van der Waals surface area contributed by atoms with Crippen LogP contribution in [0.1, 0.15) is 10.6 Å². The third-order valence-corrected chi connectivity index (χ3v) is 6.27. The lowest BCUT2D eigenvalue weighted by Gasteiger charge is -2.26. The molecule has 0 spiro atoms. The Kier molecular flexibility index (Phi) is 4.98. The van der Waals surface area contributed by atoms with Crippen LogP contribution in [0, 0.1) is 5.92 Å². The number of para-hydroxylation sites is 1. The Hall–Kier alpha value is -2.23. The van der Waals surface area contributed by atoms with E-state index in [0.29, 0.717) is 28.6 Å². The number of furan rings is 1. The molecular formula is C18H17N3O4S2. The number of thioether (sulfide) groups is 1. The standard InChI is InChI=1S/C18H17N3O4S2/c22-17(13-5-10-3-1-2-4-12(10)25-13)15-14(26)7-19-16(15)18(23)21-9-27-8-11(21)6-20-24/h1-6,11,15-16,19,24H,7-9H2/t11-,15?,16+/m1/s1. The van der Waals surface area contributed by atoms with Crippen LogP contribution in [0.15, 0.2) is 39.9 Å². The number of fused-ring (bicyclic) bond motifs is 1. The Morgan fingerprint density at radius 1 is 1.41 bits per heavy atom. The average molecular weight is 403 g/mol. The van der Waals surface area contributed by atoms with Gasteiger partial charge < -0.3 is 19.8 Å². The summed E-state index contributed by atoms with van der Waals surface area (Å²) in [6, 6.07) is 8.00. The topological polar surface area (TPSA) is 95.1 Å². The summed E-state index contributed by atoms with van der Waals surface area (Å²) in [5.41, 5.74) is 0.621. The molecule has 0 aliphatic carbocycles. The fourth-order valence-electron chi connectivity index (χ4n) is 3.47. The fourth-order valence-corrected chi connectivity index (χ4v) is 4.93. The number of carbonyl (C=O) groups is 2. The van der Waals surface area contributed by atoms with Crippen LogP contribution in [0.2, 0.25) is 0 Å². The third kappa shape index (κ3) is 3.26. The van der Waals surface area contributed by atoms with E-state index in [1.54, 1.807) is 28.8 Å².